The lowest BCUT2D eigenvalue weighted by Gasteiger charge is -2.18. The minimum atomic E-state index is -0.148. The predicted molar refractivity (Wildman–Crippen MR) is 92.5 cm³/mol. The van der Waals surface area contributed by atoms with E-state index < -0.39 is 0 Å². The molecule has 2 N–H and O–H groups in total. The molecule has 1 unspecified atom stereocenters. The lowest BCUT2D eigenvalue weighted by atomic mass is 10.1. The van der Waals surface area contributed by atoms with Crippen molar-refractivity contribution in [3.63, 3.8) is 0 Å². The normalized spacial score (nSPS) is 22.0. The molecule has 0 aliphatic heterocycles. The molecule has 128 valence electrons. The van der Waals surface area contributed by atoms with Crippen LogP contribution in [0.1, 0.15) is 82.9 Å². The van der Waals surface area contributed by atoms with Crippen LogP contribution in [0.3, 0.4) is 0 Å². The molecule has 23 heavy (non-hydrogen) atoms. The number of hydrogen-bond donors (Lipinski definition) is 2. The Labute approximate surface area is 142 Å². The highest BCUT2D eigenvalue weighted by Gasteiger charge is 2.23. The van der Waals surface area contributed by atoms with E-state index in [9.17, 15) is 4.79 Å². The summed E-state index contributed by atoms with van der Waals surface area (Å²) in [6.07, 6.45) is 12.3. The maximum atomic E-state index is 12.4. The summed E-state index contributed by atoms with van der Waals surface area (Å²) >= 11 is 1.46. The molecule has 0 saturated heterocycles. The Hall–Kier alpha value is -1.04. The number of aromatic amines is 1. The Bertz CT molecular complexity index is 504. The highest BCUT2D eigenvalue weighted by atomic mass is 32.2. The van der Waals surface area contributed by atoms with Gasteiger partial charge in [-0.3, -0.25) is 9.89 Å². The van der Waals surface area contributed by atoms with E-state index in [1.54, 1.807) is 0 Å². The molecule has 0 aromatic carbocycles. The molecule has 2 saturated carbocycles. The third kappa shape index (κ3) is 4.72. The van der Waals surface area contributed by atoms with E-state index >= 15 is 0 Å². The Morgan fingerprint density at radius 3 is 2.48 bits per heavy atom. The second-order valence-electron chi connectivity index (χ2n) is 6.94. The van der Waals surface area contributed by atoms with Crippen LogP contribution < -0.4 is 5.32 Å². The fourth-order valence-corrected chi connectivity index (χ4v) is 4.39. The van der Waals surface area contributed by atoms with Crippen molar-refractivity contribution in [3.05, 3.63) is 5.82 Å². The van der Waals surface area contributed by atoms with Crippen molar-refractivity contribution in [1.29, 1.82) is 0 Å². The zero-order valence-electron chi connectivity index (χ0n) is 14.0. The molecule has 3 rings (SSSR count). The fraction of sp³-hybridized carbons (Fsp3) is 0.824. The van der Waals surface area contributed by atoms with Crippen molar-refractivity contribution in [1.82, 2.24) is 20.5 Å². The second kappa shape index (κ2) is 8.18. The minimum absolute atomic E-state index is 0.120. The van der Waals surface area contributed by atoms with E-state index in [0.29, 0.717) is 17.1 Å². The molecule has 1 amide bonds. The van der Waals surface area contributed by atoms with Crippen molar-refractivity contribution < 1.29 is 4.79 Å². The Morgan fingerprint density at radius 1 is 1.13 bits per heavy atom. The van der Waals surface area contributed by atoms with Crippen molar-refractivity contribution in [2.45, 2.75) is 93.5 Å². The van der Waals surface area contributed by atoms with Gasteiger partial charge in [-0.15, -0.1) is 5.10 Å². The van der Waals surface area contributed by atoms with Gasteiger partial charge >= 0.3 is 0 Å². The zero-order valence-corrected chi connectivity index (χ0v) is 14.8. The van der Waals surface area contributed by atoms with Gasteiger partial charge in [0.2, 0.25) is 11.1 Å². The zero-order chi connectivity index (χ0) is 16.1. The van der Waals surface area contributed by atoms with Crippen LogP contribution in [0.2, 0.25) is 0 Å². The summed E-state index contributed by atoms with van der Waals surface area (Å²) in [5.41, 5.74) is 0. The Balaban J connectivity index is 1.49. The first-order valence-corrected chi connectivity index (χ1v) is 9.99. The summed E-state index contributed by atoms with van der Waals surface area (Å²) in [7, 11) is 0. The first kappa shape index (κ1) is 16.8. The van der Waals surface area contributed by atoms with Gasteiger partial charge < -0.3 is 5.32 Å². The van der Waals surface area contributed by atoms with Crippen LogP contribution in [0, 0.1) is 0 Å². The molecule has 1 aromatic rings. The number of thioether (sulfide) groups is 1. The summed E-state index contributed by atoms with van der Waals surface area (Å²) in [6, 6.07) is 0.356. The highest BCUT2D eigenvalue weighted by molar-refractivity contribution is 8.00. The van der Waals surface area contributed by atoms with E-state index in [1.165, 1.54) is 63.1 Å². The molecule has 0 radical (unpaired) electrons. The second-order valence-corrected chi connectivity index (χ2v) is 8.25. The smallest absolute Gasteiger partial charge is 0.233 e. The number of carbonyl (C=O) groups excluding carboxylic acids is 1. The van der Waals surface area contributed by atoms with Crippen molar-refractivity contribution >= 4 is 17.7 Å². The molecule has 0 spiro atoms. The Kier molecular flexibility index (Phi) is 5.97. The highest BCUT2D eigenvalue weighted by Crippen LogP contribution is 2.33. The maximum Gasteiger partial charge on any atom is 0.233 e. The number of carbonyl (C=O) groups is 1. The molecular weight excluding hydrogens is 308 g/mol. The maximum absolute atomic E-state index is 12.4. The van der Waals surface area contributed by atoms with Crippen LogP contribution in [-0.4, -0.2) is 32.4 Å². The van der Waals surface area contributed by atoms with Crippen molar-refractivity contribution in [3.8, 4) is 0 Å². The van der Waals surface area contributed by atoms with Crippen LogP contribution in [0.25, 0.3) is 0 Å². The summed E-state index contributed by atoms with van der Waals surface area (Å²) in [5.74, 6) is 1.66. The van der Waals surface area contributed by atoms with E-state index in [2.05, 4.69) is 20.5 Å². The summed E-state index contributed by atoms with van der Waals surface area (Å²) in [4.78, 5) is 17.0. The van der Waals surface area contributed by atoms with E-state index in [-0.39, 0.29) is 11.2 Å². The van der Waals surface area contributed by atoms with Gasteiger partial charge in [-0.2, -0.15) is 0 Å². The molecule has 0 bridgehead atoms. The van der Waals surface area contributed by atoms with Crippen LogP contribution in [-0.2, 0) is 4.79 Å². The molecular formula is C17H28N4OS. The third-order valence-corrected chi connectivity index (χ3v) is 6.04. The average molecular weight is 337 g/mol. The summed E-state index contributed by atoms with van der Waals surface area (Å²) < 4.78 is 0. The standard InChI is InChI=1S/C17H28N4OS/c1-12(16(22)18-14-10-4-2-3-5-11-14)23-17-19-15(20-21-17)13-8-6-7-9-13/h12-14H,2-11H2,1H3,(H,18,22)(H,19,20,21). The van der Waals surface area contributed by atoms with Crippen LogP contribution in [0.5, 0.6) is 0 Å². The van der Waals surface area contributed by atoms with Gasteiger partial charge in [-0.1, -0.05) is 50.3 Å². The van der Waals surface area contributed by atoms with E-state index in [1.807, 2.05) is 6.92 Å². The van der Waals surface area contributed by atoms with Gasteiger partial charge in [0.05, 0.1) is 5.25 Å². The number of nitrogens with zero attached hydrogens (tertiary/aromatic N) is 2. The number of hydrogen-bond acceptors (Lipinski definition) is 4. The van der Waals surface area contributed by atoms with Crippen LogP contribution in [0.4, 0.5) is 0 Å². The minimum Gasteiger partial charge on any atom is -0.352 e. The van der Waals surface area contributed by atoms with Gasteiger partial charge in [-0.05, 0) is 32.6 Å². The van der Waals surface area contributed by atoms with E-state index in [0.717, 1.165) is 18.7 Å². The van der Waals surface area contributed by atoms with E-state index in [4.69, 9.17) is 0 Å². The molecule has 1 aromatic heterocycles. The van der Waals surface area contributed by atoms with Crippen LogP contribution >= 0.6 is 11.8 Å². The molecule has 5 nitrogen and oxygen atoms in total. The first-order valence-electron chi connectivity index (χ1n) is 9.11. The molecule has 1 heterocycles. The number of H-pyrrole nitrogens is 1. The summed E-state index contributed by atoms with van der Waals surface area (Å²) in [6.45, 7) is 1.95. The van der Waals surface area contributed by atoms with Gasteiger partial charge in [0, 0.05) is 12.0 Å². The Morgan fingerprint density at radius 2 is 1.78 bits per heavy atom. The van der Waals surface area contributed by atoms with Crippen molar-refractivity contribution in [2.75, 3.05) is 0 Å². The van der Waals surface area contributed by atoms with Gasteiger partial charge in [-0.25, -0.2) is 4.98 Å². The first-order chi connectivity index (χ1) is 11.2. The lowest BCUT2D eigenvalue weighted by molar-refractivity contribution is -0.121. The molecule has 6 heteroatoms. The molecule has 1 atom stereocenters. The number of nitrogens with one attached hydrogen (secondary N) is 2. The quantitative estimate of drug-likeness (QED) is 0.634. The number of aromatic nitrogens is 3. The van der Waals surface area contributed by atoms with Gasteiger partial charge in [0.15, 0.2) is 0 Å². The lowest BCUT2D eigenvalue weighted by Crippen LogP contribution is -2.39. The largest absolute Gasteiger partial charge is 0.352 e. The van der Waals surface area contributed by atoms with Gasteiger partial charge in [0.1, 0.15) is 5.82 Å². The van der Waals surface area contributed by atoms with Crippen LogP contribution in [0.15, 0.2) is 5.16 Å². The fourth-order valence-electron chi connectivity index (χ4n) is 3.65. The molecule has 2 aliphatic carbocycles. The predicted octanol–water partition coefficient (Wildman–Crippen LogP) is 3.78. The SMILES string of the molecule is CC(Sc1n[nH]c(C2CCCC2)n1)C(=O)NC1CCCCCC1. The number of rotatable bonds is 5. The molecule has 2 fully saturated rings. The summed E-state index contributed by atoms with van der Waals surface area (Å²) in [5, 5.41) is 11.1. The van der Waals surface area contributed by atoms with Gasteiger partial charge in [0.25, 0.3) is 0 Å². The third-order valence-electron chi connectivity index (χ3n) is 5.08. The topological polar surface area (TPSA) is 70.7 Å². The van der Waals surface area contributed by atoms with Crippen molar-refractivity contribution in [2.24, 2.45) is 0 Å². The molecule has 2 aliphatic rings. The average Bonchev–Trinajstić information content (AvgIpc) is 3.16. The number of amides is 1. The monoisotopic (exact) mass is 336 g/mol.